The van der Waals surface area contributed by atoms with Crippen LogP contribution in [0.4, 0.5) is 5.69 Å². The van der Waals surface area contributed by atoms with E-state index in [0.717, 1.165) is 6.26 Å². The minimum atomic E-state index is -3.24. The molecule has 152 valence electrons. The Labute approximate surface area is 173 Å². The number of thioether (sulfide) groups is 1. The molecule has 0 aliphatic rings. The van der Waals surface area contributed by atoms with Crippen LogP contribution in [-0.2, 0) is 21.7 Å². The summed E-state index contributed by atoms with van der Waals surface area (Å²) >= 11 is 1.32. The summed E-state index contributed by atoms with van der Waals surface area (Å²) in [6, 6.07) is 13.1. The van der Waals surface area contributed by atoms with E-state index in [1.165, 1.54) is 23.9 Å². The van der Waals surface area contributed by atoms with Gasteiger partial charge < -0.3 is 14.6 Å². The predicted octanol–water partition coefficient (Wildman–Crippen LogP) is 3.13. The summed E-state index contributed by atoms with van der Waals surface area (Å²) in [7, 11) is -1.42. The second-order valence-corrected chi connectivity index (χ2v) is 9.67. The number of aromatic nitrogens is 3. The molecule has 3 rings (SSSR count). The van der Waals surface area contributed by atoms with E-state index < -0.39 is 9.84 Å². The molecular weight excluding hydrogens is 412 g/mol. The first kappa shape index (κ1) is 20.9. The van der Waals surface area contributed by atoms with Crippen LogP contribution in [0.5, 0.6) is 11.5 Å². The lowest BCUT2D eigenvalue weighted by molar-refractivity contribution is -0.115. The zero-order valence-electron chi connectivity index (χ0n) is 16.1. The molecule has 0 radical (unpaired) electrons. The third kappa shape index (κ3) is 5.58. The zero-order chi connectivity index (χ0) is 21.0. The topological polar surface area (TPSA) is 103 Å². The van der Waals surface area contributed by atoms with Crippen molar-refractivity contribution in [2.45, 2.75) is 22.2 Å². The number of carbonyl (C=O) groups is 1. The van der Waals surface area contributed by atoms with E-state index in [-0.39, 0.29) is 16.1 Å². The lowest BCUT2D eigenvalue weighted by Crippen LogP contribution is -2.22. The number of anilines is 1. The van der Waals surface area contributed by atoms with Crippen LogP contribution in [0.25, 0.3) is 0 Å². The molecule has 1 N–H and O–H groups in total. The van der Waals surface area contributed by atoms with Crippen molar-refractivity contribution in [1.82, 2.24) is 14.8 Å². The first-order valence-electron chi connectivity index (χ1n) is 8.62. The highest BCUT2D eigenvalue weighted by Crippen LogP contribution is 2.25. The number of nitrogens with one attached hydrogen (secondary N) is 1. The van der Waals surface area contributed by atoms with Gasteiger partial charge in [-0.2, -0.15) is 0 Å². The third-order valence-electron chi connectivity index (χ3n) is 3.93. The van der Waals surface area contributed by atoms with Crippen LogP contribution in [-0.4, -0.2) is 40.6 Å². The molecule has 10 heteroatoms. The molecular formula is C19H20N4O4S2. The standard InChI is InChI=1S/C19H20N4O4S2/c1-13(28-19-22-20-12-23(19)2)18(24)21-14-4-6-15(7-5-14)27-16-8-10-17(11-9-16)29(3,25)26/h4-13H,1-3H3,(H,21,24). The number of carbonyl (C=O) groups excluding carboxylic acids is 1. The molecule has 3 aromatic rings. The maximum Gasteiger partial charge on any atom is 0.237 e. The molecule has 0 bridgehead atoms. The Morgan fingerprint density at radius 3 is 2.21 bits per heavy atom. The second kappa shape index (κ2) is 8.66. The summed E-state index contributed by atoms with van der Waals surface area (Å²) in [5.41, 5.74) is 0.639. The molecule has 1 amide bonds. The van der Waals surface area contributed by atoms with E-state index in [2.05, 4.69) is 15.5 Å². The highest BCUT2D eigenvalue weighted by Gasteiger charge is 2.17. The van der Waals surface area contributed by atoms with Gasteiger partial charge in [0.05, 0.1) is 10.1 Å². The molecule has 1 aromatic heterocycles. The largest absolute Gasteiger partial charge is 0.457 e. The fourth-order valence-electron chi connectivity index (χ4n) is 2.33. The number of hydrogen-bond acceptors (Lipinski definition) is 7. The maximum absolute atomic E-state index is 12.4. The first-order valence-corrected chi connectivity index (χ1v) is 11.4. The predicted molar refractivity (Wildman–Crippen MR) is 111 cm³/mol. The van der Waals surface area contributed by atoms with Gasteiger partial charge in [-0.15, -0.1) is 10.2 Å². The Bertz CT molecular complexity index is 1090. The molecule has 29 heavy (non-hydrogen) atoms. The van der Waals surface area contributed by atoms with Crippen LogP contribution < -0.4 is 10.1 Å². The molecule has 8 nitrogen and oxygen atoms in total. The SMILES string of the molecule is CC(Sc1nncn1C)C(=O)Nc1ccc(Oc2ccc(S(C)(=O)=O)cc2)cc1. The van der Waals surface area contributed by atoms with Gasteiger partial charge in [-0.05, 0) is 55.5 Å². The smallest absolute Gasteiger partial charge is 0.237 e. The second-order valence-electron chi connectivity index (χ2n) is 6.34. The fourth-order valence-corrected chi connectivity index (χ4v) is 3.75. The number of benzene rings is 2. The van der Waals surface area contributed by atoms with Crippen molar-refractivity contribution in [2.75, 3.05) is 11.6 Å². The summed E-state index contributed by atoms with van der Waals surface area (Å²) < 4.78 is 30.5. The quantitative estimate of drug-likeness (QED) is 0.572. The Kier molecular flexibility index (Phi) is 6.23. The molecule has 0 aliphatic carbocycles. The van der Waals surface area contributed by atoms with Crippen molar-refractivity contribution < 1.29 is 17.9 Å². The number of nitrogens with zero attached hydrogens (tertiary/aromatic N) is 3. The molecule has 1 unspecified atom stereocenters. The number of rotatable bonds is 7. The normalized spacial score (nSPS) is 12.4. The van der Waals surface area contributed by atoms with Crippen LogP contribution >= 0.6 is 11.8 Å². The highest BCUT2D eigenvalue weighted by molar-refractivity contribution is 8.00. The molecule has 0 aliphatic heterocycles. The van der Waals surface area contributed by atoms with E-state index >= 15 is 0 Å². The Morgan fingerprint density at radius 2 is 1.69 bits per heavy atom. The summed E-state index contributed by atoms with van der Waals surface area (Å²) in [4.78, 5) is 12.6. The Morgan fingerprint density at radius 1 is 1.10 bits per heavy atom. The number of aryl methyl sites for hydroxylation is 1. The van der Waals surface area contributed by atoms with Crippen LogP contribution in [0, 0.1) is 0 Å². The van der Waals surface area contributed by atoms with Gasteiger partial charge >= 0.3 is 0 Å². The average molecular weight is 433 g/mol. The van der Waals surface area contributed by atoms with Gasteiger partial charge in [0.2, 0.25) is 5.91 Å². The van der Waals surface area contributed by atoms with E-state index in [0.29, 0.717) is 22.3 Å². The van der Waals surface area contributed by atoms with Crippen molar-refractivity contribution in [2.24, 2.45) is 7.05 Å². The highest BCUT2D eigenvalue weighted by atomic mass is 32.2. The van der Waals surface area contributed by atoms with Crippen molar-refractivity contribution in [3.8, 4) is 11.5 Å². The molecule has 2 aromatic carbocycles. The maximum atomic E-state index is 12.4. The molecule has 0 fully saturated rings. The van der Waals surface area contributed by atoms with Crippen molar-refractivity contribution >= 4 is 33.2 Å². The lowest BCUT2D eigenvalue weighted by atomic mass is 10.3. The summed E-state index contributed by atoms with van der Waals surface area (Å²) in [6.07, 6.45) is 2.74. The van der Waals surface area contributed by atoms with Gasteiger partial charge in [-0.3, -0.25) is 4.79 Å². The van der Waals surface area contributed by atoms with E-state index in [4.69, 9.17) is 4.74 Å². The van der Waals surface area contributed by atoms with Gasteiger partial charge in [-0.25, -0.2) is 8.42 Å². The van der Waals surface area contributed by atoms with Crippen LogP contribution in [0.1, 0.15) is 6.92 Å². The molecule has 1 atom stereocenters. The van der Waals surface area contributed by atoms with E-state index in [1.807, 2.05) is 7.05 Å². The minimum absolute atomic E-state index is 0.150. The van der Waals surface area contributed by atoms with Gasteiger partial charge in [-0.1, -0.05) is 11.8 Å². The molecule has 0 saturated heterocycles. The van der Waals surface area contributed by atoms with Gasteiger partial charge in [0.15, 0.2) is 15.0 Å². The molecule has 0 saturated carbocycles. The Hall–Kier alpha value is -2.85. The third-order valence-corrected chi connectivity index (χ3v) is 6.21. The number of sulfone groups is 1. The summed E-state index contributed by atoms with van der Waals surface area (Å²) in [6.45, 7) is 1.80. The summed E-state index contributed by atoms with van der Waals surface area (Å²) in [5, 5.41) is 10.9. The lowest BCUT2D eigenvalue weighted by Gasteiger charge is -2.12. The molecule has 1 heterocycles. The van der Waals surface area contributed by atoms with Crippen molar-refractivity contribution in [1.29, 1.82) is 0 Å². The van der Waals surface area contributed by atoms with Crippen LogP contribution in [0.2, 0.25) is 0 Å². The molecule has 0 spiro atoms. The Balaban J connectivity index is 1.58. The van der Waals surface area contributed by atoms with Crippen molar-refractivity contribution in [3.05, 3.63) is 54.9 Å². The van der Waals surface area contributed by atoms with E-state index in [1.54, 1.807) is 54.2 Å². The fraction of sp³-hybridized carbons (Fsp3) is 0.211. The van der Waals surface area contributed by atoms with Crippen LogP contribution in [0.3, 0.4) is 0 Å². The first-order chi connectivity index (χ1) is 13.7. The van der Waals surface area contributed by atoms with E-state index in [9.17, 15) is 13.2 Å². The monoisotopic (exact) mass is 432 g/mol. The van der Waals surface area contributed by atoms with Gasteiger partial charge in [0, 0.05) is 19.0 Å². The minimum Gasteiger partial charge on any atom is -0.457 e. The average Bonchev–Trinajstić information content (AvgIpc) is 3.07. The summed E-state index contributed by atoms with van der Waals surface area (Å²) in [5.74, 6) is 0.933. The zero-order valence-corrected chi connectivity index (χ0v) is 17.7. The van der Waals surface area contributed by atoms with Crippen LogP contribution in [0.15, 0.2) is 64.9 Å². The van der Waals surface area contributed by atoms with Gasteiger partial charge in [0.1, 0.15) is 17.8 Å². The van der Waals surface area contributed by atoms with Gasteiger partial charge in [0.25, 0.3) is 0 Å². The number of amides is 1. The number of ether oxygens (including phenoxy) is 1. The van der Waals surface area contributed by atoms with Crippen molar-refractivity contribution in [3.63, 3.8) is 0 Å². The number of hydrogen-bond donors (Lipinski definition) is 1.